The molecule has 4 amide bonds. The zero-order chi connectivity index (χ0) is 24.0. The average molecular weight is 493 g/mol. The molecular weight excluding hydrogens is 475 g/mol. The van der Waals surface area contributed by atoms with Gasteiger partial charge in [0.25, 0.3) is 17.7 Å². The second-order valence-electron chi connectivity index (χ2n) is 6.95. The van der Waals surface area contributed by atoms with E-state index < -0.39 is 42.1 Å². The number of hydrogen-bond acceptors (Lipinski definition) is 6. The highest BCUT2D eigenvalue weighted by molar-refractivity contribution is 6.36. The lowest BCUT2D eigenvalue weighted by atomic mass is 10.1. The van der Waals surface area contributed by atoms with E-state index >= 15 is 0 Å². The van der Waals surface area contributed by atoms with Crippen molar-refractivity contribution in [3.63, 3.8) is 0 Å². The smallest absolute Gasteiger partial charge is 0.311 e. The van der Waals surface area contributed by atoms with Crippen LogP contribution in [0.3, 0.4) is 0 Å². The van der Waals surface area contributed by atoms with Crippen LogP contribution >= 0.6 is 23.2 Å². The molecule has 10 nitrogen and oxygen atoms in total. The maximum atomic E-state index is 12.4. The van der Waals surface area contributed by atoms with Crippen LogP contribution in [0.25, 0.3) is 0 Å². The van der Waals surface area contributed by atoms with Crippen LogP contribution in [0, 0.1) is 5.92 Å². The van der Waals surface area contributed by atoms with Gasteiger partial charge < -0.3 is 4.74 Å². The van der Waals surface area contributed by atoms with Crippen LogP contribution in [0.15, 0.2) is 48.5 Å². The molecule has 0 radical (unpaired) electrons. The minimum absolute atomic E-state index is 0.105. The number of amides is 4. The van der Waals surface area contributed by atoms with E-state index in [0.29, 0.717) is 10.6 Å². The van der Waals surface area contributed by atoms with E-state index in [-0.39, 0.29) is 23.6 Å². The third-order valence-electron chi connectivity index (χ3n) is 4.57. The number of nitrogens with zero attached hydrogens (tertiary/aromatic N) is 1. The summed E-state index contributed by atoms with van der Waals surface area (Å²) in [5.74, 6) is -4.13. The van der Waals surface area contributed by atoms with E-state index in [4.69, 9.17) is 27.9 Å². The monoisotopic (exact) mass is 492 g/mol. The normalized spacial score (nSPS) is 15.0. The number of carbonyl (C=O) groups excluding carboxylic acids is 5. The Kier molecular flexibility index (Phi) is 7.86. The summed E-state index contributed by atoms with van der Waals surface area (Å²) < 4.78 is 4.91. The van der Waals surface area contributed by atoms with Crippen molar-refractivity contribution >= 4 is 52.8 Å². The molecule has 0 spiro atoms. The first kappa shape index (κ1) is 24.0. The molecule has 1 fully saturated rings. The van der Waals surface area contributed by atoms with Gasteiger partial charge in [-0.25, -0.2) is 0 Å². The Labute approximate surface area is 198 Å². The predicted octanol–water partition coefficient (Wildman–Crippen LogP) is 1.49. The molecule has 3 rings (SSSR count). The van der Waals surface area contributed by atoms with Crippen molar-refractivity contribution in [1.82, 2.24) is 21.3 Å². The molecule has 12 heteroatoms. The fourth-order valence-electron chi connectivity index (χ4n) is 2.91. The number of benzene rings is 2. The first-order valence-corrected chi connectivity index (χ1v) is 10.4. The fourth-order valence-corrected chi connectivity index (χ4v) is 3.40. The predicted molar refractivity (Wildman–Crippen MR) is 117 cm³/mol. The van der Waals surface area contributed by atoms with Gasteiger partial charge in [-0.2, -0.15) is 0 Å². The molecule has 0 saturated carbocycles. The van der Waals surface area contributed by atoms with Crippen molar-refractivity contribution in [2.24, 2.45) is 5.92 Å². The summed E-state index contributed by atoms with van der Waals surface area (Å²) in [6, 6.07) is 12.4. The second kappa shape index (κ2) is 10.8. The van der Waals surface area contributed by atoms with Crippen LogP contribution in [0.4, 0.5) is 0 Å². The van der Waals surface area contributed by atoms with Crippen molar-refractivity contribution < 1.29 is 28.7 Å². The standard InChI is InChI=1S/C21H18Cl2N4O6/c22-14-6-7-15(16(23)9-14)20(31)26-27-10-13(8-18(27)29)21(32)33-11-17(28)24-25-19(30)12-4-2-1-3-5-12/h1-7,9,13H,8,10-11H2,(H,24,28)(H,25,30)(H,26,31)/t13-/m0/s1. The van der Waals surface area contributed by atoms with Crippen LogP contribution in [-0.2, 0) is 19.1 Å². The maximum absolute atomic E-state index is 12.4. The summed E-state index contributed by atoms with van der Waals surface area (Å²) in [6.45, 7) is -0.799. The molecule has 2 aromatic rings. The van der Waals surface area contributed by atoms with Crippen molar-refractivity contribution in [3.8, 4) is 0 Å². The Morgan fingerprint density at radius 3 is 2.42 bits per heavy atom. The van der Waals surface area contributed by atoms with Crippen molar-refractivity contribution in [1.29, 1.82) is 0 Å². The Morgan fingerprint density at radius 2 is 1.73 bits per heavy atom. The summed E-state index contributed by atoms with van der Waals surface area (Å²) >= 11 is 11.8. The second-order valence-corrected chi connectivity index (χ2v) is 7.79. The lowest BCUT2D eigenvalue weighted by Gasteiger charge is -2.18. The van der Waals surface area contributed by atoms with E-state index in [0.717, 1.165) is 5.01 Å². The maximum Gasteiger partial charge on any atom is 0.311 e. The van der Waals surface area contributed by atoms with Gasteiger partial charge in [0.1, 0.15) is 0 Å². The Morgan fingerprint density at radius 1 is 1.00 bits per heavy atom. The third kappa shape index (κ3) is 6.43. The minimum Gasteiger partial charge on any atom is -0.455 e. The lowest BCUT2D eigenvalue weighted by Crippen LogP contribution is -2.44. The molecule has 3 N–H and O–H groups in total. The van der Waals surface area contributed by atoms with E-state index in [2.05, 4.69) is 16.3 Å². The number of ether oxygens (including phenoxy) is 1. The average Bonchev–Trinajstić information content (AvgIpc) is 3.16. The SMILES string of the molecule is O=C(COC(=O)[C@H]1CC(=O)N(NC(=O)c2ccc(Cl)cc2Cl)C1)NNC(=O)c1ccccc1. The topological polar surface area (TPSA) is 134 Å². The van der Waals surface area contributed by atoms with Crippen molar-refractivity contribution in [2.75, 3.05) is 13.2 Å². The molecule has 1 atom stereocenters. The Bertz CT molecular complexity index is 1100. The molecule has 172 valence electrons. The highest BCUT2D eigenvalue weighted by atomic mass is 35.5. The largest absolute Gasteiger partial charge is 0.455 e. The molecule has 0 bridgehead atoms. The van der Waals surface area contributed by atoms with Gasteiger partial charge in [0.05, 0.1) is 23.0 Å². The van der Waals surface area contributed by atoms with E-state index in [9.17, 15) is 24.0 Å². The summed E-state index contributed by atoms with van der Waals surface area (Å²) in [5.41, 5.74) is 7.14. The van der Waals surface area contributed by atoms with E-state index in [1.165, 1.54) is 18.2 Å². The number of hydrazine groups is 2. The van der Waals surface area contributed by atoms with Crippen LogP contribution < -0.4 is 16.3 Å². The Balaban J connectivity index is 1.44. The van der Waals surface area contributed by atoms with Crippen LogP contribution in [0.1, 0.15) is 27.1 Å². The molecule has 0 aromatic heterocycles. The zero-order valence-corrected chi connectivity index (χ0v) is 18.5. The summed E-state index contributed by atoms with van der Waals surface area (Å²) in [4.78, 5) is 60.5. The number of hydrogen-bond donors (Lipinski definition) is 3. The van der Waals surface area contributed by atoms with Gasteiger partial charge in [0, 0.05) is 17.0 Å². The zero-order valence-electron chi connectivity index (χ0n) is 17.0. The molecule has 2 aromatic carbocycles. The number of rotatable bonds is 6. The van der Waals surface area contributed by atoms with E-state index in [1.54, 1.807) is 30.3 Å². The van der Waals surface area contributed by atoms with Gasteiger partial charge in [-0.15, -0.1) is 0 Å². The van der Waals surface area contributed by atoms with Gasteiger partial charge in [-0.05, 0) is 30.3 Å². The summed E-state index contributed by atoms with van der Waals surface area (Å²) in [7, 11) is 0. The summed E-state index contributed by atoms with van der Waals surface area (Å²) in [6.07, 6.45) is -0.209. The molecule has 33 heavy (non-hydrogen) atoms. The van der Waals surface area contributed by atoms with Gasteiger partial charge in [0.15, 0.2) is 6.61 Å². The van der Waals surface area contributed by atoms with E-state index in [1.807, 2.05) is 0 Å². The van der Waals surface area contributed by atoms with Crippen molar-refractivity contribution in [2.45, 2.75) is 6.42 Å². The molecule has 1 aliphatic heterocycles. The third-order valence-corrected chi connectivity index (χ3v) is 5.12. The molecule has 1 aliphatic rings. The molecule has 1 saturated heterocycles. The quantitative estimate of drug-likeness (QED) is 0.413. The van der Waals surface area contributed by atoms with Crippen LogP contribution in [-0.4, -0.2) is 47.8 Å². The first-order valence-electron chi connectivity index (χ1n) is 9.62. The van der Waals surface area contributed by atoms with Gasteiger partial charge in [-0.1, -0.05) is 41.4 Å². The highest BCUT2D eigenvalue weighted by Crippen LogP contribution is 2.22. The number of carbonyl (C=O) groups is 5. The van der Waals surface area contributed by atoms with Gasteiger partial charge >= 0.3 is 5.97 Å². The van der Waals surface area contributed by atoms with Crippen LogP contribution in [0.2, 0.25) is 10.0 Å². The number of halogens is 2. The molecule has 0 unspecified atom stereocenters. The summed E-state index contributed by atoms with van der Waals surface area (Å²) in [5, 5.41) is 1.44. The minimum atomic E-state index is -0.884. The fraction of sp³-hybridized carbons (Fsp3) is 0.190. The van der Waals surface area contributed by atoms with Crippen molar-refractivity contribution in [3.05, 3.63) is 69.7 Å². The van der Waals surface area contributed by atoms with Gasteiger partial charge in [0.2, 0.25) is 5.91 Å². The first-order chi connectivity index (χ1) is 15.7. The van der Waals surface area contributed by atoms with Crippen LogP contribution in [0.5, 0.6) is 0 Å². The molecular formula is C21H18Cl2N4O6. The number of esters is 1. The number of nitrogens with one attached hydrogen (secondary N) is 3. The highest BCUT2D eigenvalue weighted by Gasteiger charge is 2.37. The van der Waals surface area contributed by atoms with Gasteiger partial charge in [-0.3, -0.25) is 45.3 Å². The Hall–Kier alpha value is -3.63. The molecule has 0 aliphatic carbocycles. The molecule has 1 heterocycles. The lowest BCUT2D eigenvalue weighted by molar-refractivity contribution is -0.152.